The molecule has 9 heteroatoms. The van der Waals surface area contributed by atoms with Crippen LogP contribution in [-0.2, 0) is 42.6 Å². The van der Waals surface area contributed by atoms with Crippen molar-refractivity contribution in [1.82, 2.24) is 0 Å². The standard InChI is InChI=1S/C25H52O9/c1-3-5-7-9-27-11-13-29-15-17-31-19-21-33-23-25-34-24-22-32-20-18-30-16-14-28-12-10-26-8-6-4-2/h3-25H2,1-2H3. The molecule has 0 aromatic rings. The van der Waals surface area contributed by atoms with Crippen molar-refractivity contribution in [3.05, 3.63) is 0 Å². The number of unbranched alkanes of at least 4 members (excludes halogenated alkanes) is 3. The summed E-state index contributed by atoms with van der Waals surface area (Å²) in [4.78, 5) is 0. The second-order valence-electron chi connectivity index (χ2n) is 7.57. The summed E-state index contributed by atoms with van der Waals surface area (Å²) in [6.07, 6.45) is 5.82. The Morgan fingerprint density at radius 2 is 0.441 bits per heavy atom. The van der Waals surface area contributed by atoms with Crippen molar-refractivity contribution in [3.8, 4) is 0 Å². The summed E-state index contributed by atoms with van der Waals surface area (Å²) in [5, 5.41) is 0. The summed E-state index contributed by atoms with van der Waals surface area (Å²) in [6.45, 7) is 15.2. The molecule has 0 fully saturated rings. The van der Waals surface area contributed by atoms with E-state index in [0.29, 0.717) is 106 Å². The first kappa shape index (κ1) is 33.6. The van der Waals surface area contributed by atoms with Crippen molar-refractivity contribution in [2.75, 3.05) is 119 Å². The van der Waals surface area contributed by atoms with Crippen molar-refractivity contribution in [3.63, 3.8) is 0 Å². The molecule has 0 aliphatic heterocycles. The van der Waals surface area contributed by atoms with Gasteiger partial charge in [-0.3, -0.25) is 0 Å². The highest BCUT2D eigenvalue weighted by Crippen LogP contribution is 1.94. The minimum absolute atomic E-state index is 0.542. The van der Waals surface area contributed by atoms with Crippen LogP contribution in [0.25, 0.3) is 0 Å². The van der Waals surface area contributed by atoms with Gasteiger partial charge in [0.25, 0.3) is 0 Å². The van der Waals surface area contributed by atoms with E-state index in [-0.39, 0.29) is 0 Å². The van der Waals surface area contributed by atoms with Gasteiger partial charge in [0.1, 0.15) is 0 Å². The Kier molecular flexibility index (Phi) is 32.3. The fourth-order valence-electron chi connectivity index (χ4n) is 2.56. The quantitative estimate of drug-likeness (QED) is 0.134. The maximum Gasteiger partial charge on any atom is 0.0701 e. The molecule has 0 bridgehead atoms. The molecule has 0 atom stereocenters. The third-order valence-corrected chi connectivity index (χ3v) is 4.51. The maximum atomic E-state index is 5.47. The minimum atomic E-state index is 0.542. The molecule has 9 nitrogen and oxygen atoms in total. The first-order chi connectivity index (χ1) is 16.9. The number of ether oxygens (including phenoxy) is 9. The van der Waals surface area contributed by atoms with Crippen molar-refractivity contribution in [2.24, 2.45) is 0 Å². The van der Waals surface area contributed by atoms with Gasteiger partial charge >= 0.3 is 0 Å². The van der Waals surface area contributed by atoms with Crippen LogP contribution in [0.4, 0.5) is 0 Å². The second-order valence-corrected chi connectivity index (χ2v) is 7.57. The zero-order valence-corrected chi connectivity index (χ0v) is 21.9. The largest absolute Gasteiger partial charge is 0.379 e. The Hall–Kier alpha value is -0.360. The molecule has 0 rings (SSSR count). The highest BCUT2D eigenvalue weighted by atomic mass is 16.6. The Morgan fingerprint density at radius 1 is 0.235 bits per heavy atom. The van der Waals surface area contributed by atoms with E-state index >= 15 is 0 Å². The summed E-state index contributed by atoms with van der Waals surface area (Å²) in [5.41, 5.74) is 0. The highest BCUT2D eigenvalue weighted by Gasteiger charge is 1.95. The molecule has 34 heavy (non-hydrogen) atoms. The van der Waals surface area contributed by atoms with E-state index in [4.69, 9.17) is 42.6 Å². The Labute approximate surface area is 208 Å². The second kappa shape index (κ2) is 32.6. The van der Waals surface area contributed by atoms with Crippen molar-refractivity contribution in [1.29, 1.82) is 0 Å². The van der Waals surface area contributed by atoms with E-state index in [0.717, 1.165) is 32.5 Å². The number of hydrogen-bond donors (Lipinski definition) is 0. The van der Waals surface area contributed by atoms with Crippen LogP contribution in [0.5, 0.6) is 0 Å². The van der Waals surface area contributed by atoms with Gasteiger partial charge in [0.2, 0.25) is 0 Å². The van der Waals surface area contributed by atoms with E-state index in [1.54, 1.807) is 0 Å². The fourth-order valence-corrected chi connectivity index (χ4v) is 2.56. The third kappa shape index (κ3) is 31.6. The van der Waals surface area contributed by atoms with E-state index in [2.05, 4.69) is 13.8 Å². The molecule has 0 N–H and O–H groups in total. The van der Waals surface area contributed by atoms with Gasteiger partial charge in [0.15, 0.2) is 0 Å². The summed E-state index contributed by atoms with van der Waals surface area (Å²) in [6, 6.07) is 0. The topological polar surface area (TPSA) is 83.1 Å². The van der Waals surface area contributed by atoms with Gasteiger partial charge in [-0.1, -0.05) is 33.1 Å². The Morgan fingerprint density at radius 3 is 0.676 bits per heavy atom. The molecule has 0 unspecified atom stereocenters. The van der Waals surface area contributed by atoms with Crippen molar-refractivity contribution >= 4 is 0 Å². The predicted octanol–water partition coefficient (Wildman–Crippen LogP) is 3.13. The van der Waals surface area contributed by atoms with Crippen LogP contribution in [0.3, 0.4) is 0 Å². The van der Waals surface area contributed by atoms with Gasteiger partial charge in [0.05, 0.1) is 106 Å². The van der Waals surface area contributed by atoms with E-state index < -0.39 is 0 Å². The summed E-state index contributed by atoms with van der Waals surface area (Å²) >= 11 is 0. The summed E-state index contributed by atoms with van der Waals surface area (Å²) in [7, 11) is 0. The summed E-state index contributed by atoms with van der Waals surface area (Å²) in [5.74, 6) is 0. The molecule has 0 saturated carbocycles. The first-order valence-corrected chi connectivity index (χ1v) is 13.1. The van der Waals surface area contributed by atoms with E-state index in [1.807, 2.05) is 0 Å². The zero-order valence-electron chi connectivity index (χ0n) is 21.9. The average molecular weight is 497 g/mol. The lowest BCUT2D eigenvalue weighted by Crippen LogP contribution is -2.15. The molecule has 0 aromatic heterocycles. The maximum absolute atomic E-state index is 5.47. The molecule has 0 amide bonds. The minimum Gasteiger partial charge on any atom is -0.379 e. The molecule has 206 valence electrons. The molecular weight excluding hydrogens is 444 g/mol. The number of hydrogen-bond acceptors (Lipinski definition) is 9. The predicted molar refractivity (Wildman–Crippen MR) is 132 cm³/mol. The van der Waals surface area contributed by atoms with Crippen LogP contribution >= 0.6 is 0 Å². The molecule has 0 aliphatic carbocycles. The molecule has 0 saturated heterocycles. The lowest BCUT2D eigenvalue weighted by molar-refractivity contribution is -0.0250. The van der Waals surface area contributed by atoms with E-state index in [1.165, 1.54) is 12.8 Å². The lowest BCUT2D eigenvalue weighted by Gasteiger charge is -2.09. The highest BCUT2D eigenvalue weighted by molar-refractivity contribution is 4.39. The van der Waals surface area contributed by atoms with Crippen LogP contribution in [0.1, 0.15) is 46.0 Å². The molecule has 0 aliphatic rings. The SMILES string of the molecule is CCCCCOCCOCCOCCOCCOCCOCCOCCOCCOCCCC. The Bertz CT molecular complexity index is 316. The van der Waals surface area contributed by atoms with Crippen LogP contribution in [0.2, 0.25) is 0 Å². The molecular formula is C25H52O9. The van der Waals surface area contributed by atoms with Crippen LogP contribution < -0.4 is 0 Å². The average Bonchev–Trinajstić information content (AvgIpc) is 2.85. The van der Waals surface area contributed by atoms with Crippen LogP contribution in [-0.4, -0.2) is 119 Å². The zero-order chi connectivity index (χ0) is 24.6. The first-order valence-electron chi connectivity index (χ1n) is 13.1. The van der Waals surface area contributed by atoms with Gasteiger partial charge in [-0.15, -0.1) is 0 Å². The molecule has 0 spiro atoms. The van der Waals surface area contributed by atoms with E-state index in [9.17, 15) is 0 Å². The third-order valence-electron chi connectivity index (χ3n) is 4.51. The molecule has 0 heterocycles. The van der Waals surface area contributed by atoms with Crippen molar-refractivity contribution < 1.29 is 42.6 Å². The molecule has 0 aromatic carbocycles. The van der Waals surface area contributed by atoms with Gasteiger partial charge in [0, 0.05) is 13.2 Å². The monoisotopic (exact) mass is 496 g/mol. The Balaban J connectivity index is 2.99. The van der Waals surface area contributed by atoms with Gasteiger partial charge in [-0.25, -0.2) is 0 Å². The van der Waals surface area contributed by atoms with Crippen molar-refractivity contribution in [2.45, 2.75) is 46.0 Å². The van der Waals surface area contributed by atoms with Crippen LogP contribution in [0, 0.1) is 0 Å². The van der Waals surface area contributed by atoms with Gasteiger partial charge < -0.3 is 42.6 Å². The number of rotatable bonds is 31. The van der Waals surface area contributed by atoms with Crippen LogP contribution in [0.15, 0.2) is 0 Å². The normalized spacial score (nSPS) is 11.5. The van der Waals surface area contributed by atoms with Gasteiger partial charge in [-0.2, -0.15) is 0 Å². The smallest absolute Gasteiger partial charge is 0.0701 e. The fraction of sp³-hybridized carbons (Fsp3) is 1.00. The lowest BCUT2D eigenvalue weighted by atomic mass is 10.3. The summed E-state index contributed by atoms with van der Waals surface area (Å²) < 4.78 is 49.0. The van der Waals surface area contributed by atoms with Gasteiger partial charge in [-0.05, 0) is 12.8 Å². The molecule has 0 radical (unpaired) electrons.